The Morgan fingerprint density at radius 1 is 1.00 bits per heavy atom. The molecule has 1 aromatic carbocycles. The number of halogens is 11. The molecule has 2 aromatic rings. The molecule has 0 amide bonds. The van der Waals surface area contributed by atoms with Gasteiger partial charge < -0.3 is 9.47 Å². The van der Waals surface area contributed by atoms with Gasteiger partial charge in [0.15, 0.2) is 5.69 Å². The first-order valence-electron chi connectivity index (χ1n) is 11.0. The summed E-state index contributed by atoms with van der Waals surface area (Å²) in [6, 6.07) is -0.287. The number of carbonyl (C=O) groups is 1. The van der Waals surface area contributed by atoms with Crippen molar-refractivity contribution in [2.24, 2.45) is 5.92 Å². The van der Waals surface area contributed by atoms with Crippen LogP contribution in [0.4, 0.5) is 51.1 Å². The summed E-state index contributed by atoms with van der Waals surface area (Å²) >= 11 is 11.5. The molecular formula is C22H20Cl2F9N3O4. The summed E-state index contributed by atoms with van der Waals surface area (Å²) in [7, 11) is 0.756. The molecule has 0 spiro atoms. The predicted molar refractivity (Wildman–Crippen MR) is 124 cm³/mol. The number of benzene rings is 1. The molecule has 7 nitrogen and oxygen atoms in total. The topological polar surface area (TPSA) is 73.7 Å². The summed E-state index contributed by atoms with van der Waals surface area (Å²) in [5.41, 5.74) is -8.90. The van der Waals surface area contributed by atoms with E-state index in [-0.39, 0.29) is 17.0 Å². The number of esters is 1. The van der Waals surface area contributed by atoms with E-state index in [2.05, 4.69) is 4.98 Å². The molecular weight excluding hydrogens is 612 g/mol. The van der Waals surface area contributed by atoms with E-state index in [4.69, 9.17) is 32.7 Å². The minimum Gasteiger partial charge on any atom is -0.463 e. The van der Waals surface area contributed by atoms with Crippen LogP contribution in [0.1, 0.15) is 37.6 Å². The third-order valence-electron chi connectivity index (χ3n) is 5.02. The van der Waals surface area contributed by atoms with E-state index < -0.39 is 93.9 Å². The Kier molecular flexibility index (Phi) is 10.1. The van der Waals surface area contributed by atoms with E-state index in [0.29, 0.717) is 4.57 Å². The zero-order valence-corrected chi connectivity index (χ0v) is 22.4. The predicted octanol–water partition coefficient (Wildman–Crippen LogP) is 6.94. The van der Waals surface area contributed by atoms with E-state index in [1.807, 2.05) is 0 Å². The van der Waals surface area contributed by atoms with Crippen molar-refractivity contribution in [2.45, 2.75) is 52.1 Å². The molecule has 1 atom stereocenters. The first-order valence-corrected chi connectivity index (χ1v) is 11.8. The lowest BCUT2D eigenvalue weighted by molar-refractivity contribution is -0.154. The second kappa shape index (κ2) is 12.0. The lowest BCUT2D eigenvalue weighted by Crippen LogP contribution is -2.45. The van der Waals surface area contributed by atoms with Crippen LogP contribution in [-0.2, 0) is 39.3 Å². The van der Waals surface area contributed by atoms with Crippen LogP contribution in [0.15, 0.2) is 16.9 Å². The Labute approximate surface area is 230 Å². The maximum absolute atomic E-state index is 13.8. The molecule has 224 valence electrons. The number of alkyl halides is 9. The average Bonchev–Trinajstić information content (AvgIpc) is 2.79. The molecule has 2 rings (SSSR count). The highest BCUT2D eigenvalue weighted by atomic mass is 35.5. The van der Waals surface area contributed by atoms with Crippen LogP contribution in [0, 0.1) is 5.92 Å². The van der Waals surface area contributed by atoms with Crippen molar-refractivity contribution in [1.29, 1.82) is 0 Å². The highest BCUT2D eigenvalue weighted by molar-refractivity contribution is 6.34. The first kappa shape index (κ1) is 33.5. The number of rotatable bonds is 8. The molecule has 18 heteroatoms. The summed E-state index contributed by atoms with van der Waals surface area (Å²) < 4.78 is 134. The van der Waals surface area contributed by atoms with Gasteiger partial charge in [-0.05, 0) is 25.0 Å². The molecule has 1 aromatic heterocycles. The van der Waals surface area contributed by atoms with Crippen molar-refractivity contribution >= 4 is 40.8 Å². The Morgan fingerprint density at radius 3 is 2.00 bits per heavy atom. The van der Waals surface area contributed by atoms with Gasteiger partial charge in [0.25, 0.3) is 5.56 Å². The molecule has 0 aliphatic carbocycles. The van der Waals surface area contributed by atoms with Crippen LogP contribution in [0.5, 0.6) is 0 Å². The van der Waals surface area contributed by atoms with E-state index >= 15 is 0 Å². The summed E-state index contributed by atoms with van der Waals surface area (Å²) in [6.07, 6.45) is -18.7. The van der Waals surface area contributed by atoms with Crippen molar-refractivity contribution < 1.29 is 53.8 Å². The maximum Gasteiger partial charge on any atom is 0.435 e. The molecule has 0 saturated carbocycles. The van der Waals surface area contributed by atoms with E-state index in [9.17, 15) is 49.1 Å². The molecule has 1 unspecified atom stereocenters. The van der Waals surface area contributed by atoms with E-state index in [1.165, 1.54) is 20.8 Å². The van der Waals surface area contributed by atoms with Crippen LogP contribution >= 0.6 is 23.2 Å². The van der Waals surface area contributed by atoms with Crippen LogP contribution in [0.3, 0.4) is 0 Å². The van der Waals surface area contributed by atoms with E-state index in [1.54, 1.807) is 0 Å². The summed E-state index contributed by atoms with van der Waals surface area (Å²) in [4.78, 5) is 29.1. The summed E-state index contributed by atoms with van der Waals surface area (Å²) in [5.74, 6) is -3.29. The normalized spacial score (nSPS) is 13.5. The molecule has 0 N–H and O–H groups in total. The van der Waals surface area contributed by atoms with Crippen LogP contribution in [0.25, 0.3) is 0 Å². The van der Waals surface area contributed by atoms with Crippen molar-refractivity contribution in [3.8, 4) is 0 Å². The molecule has 40 heavy (non-hydrogen) atoms. The number of ether oxygens (including phenoxy) is 2. The Morgan fingerprint density at radius 2 is 1.57 bits per heavy atom. The van der Waals surface area contributed by atoms with Gasteiger partial charge >= 0.3 is 24.5 Å². The molecule has 0 bridgehead atoms. The third kappa shape index (κ3) is 7.13. The van der Waals surface area contributed by atoms with Gasteiger partial charge in [-0.15, -0.1) is 0 Å². The van der Waals surface area contributed by atoms with Gasteiger partial charge in [-0.1, -0.05) is 37.0 Å². The second-order valence-corrected chi connectivity index (χ2v) is 9.20. The lowest BCUT2D eigenvalue weighted by Gasteiger charge is -2.34. The fraction of sp³-hybridized carbons (Fsp3) is 0.500. The lowest BCUT2D eigenvalue weighted by atomic mass is 10.1. The fourth-order valence-electron chi connectivity index (χ4n) is 3.44. The van der Waals surface area contributed by atoms with Crippen molar-refractivity contribution in [3.05, 3.63) is 49.4 Å². The highest BCUT2D eigenvalue weighted by Gasteiger charge is 2.44. The number of aromatic nitrogens is 2. The maximum atomic E-state index is 13.8. The largest absolute Gasteiger partial charge is 0.463 e. The third-order valence-corrected chi connectivity index (χ3v) is 5.76. The highest BCUT2D eigenvalue weighted by Crippen LogP contribution is 2.46. The molecule has 0 aliphatic heterocycles. The zero-order valence-electron chi connectivity index (χ0n) is 20.9. The van der Waals surface area contributed by atoms with Crippen LogP contribution < -0.4 is 10.5 Å². The minimum atomic E-state index is -5.51. The van der Waals surface area contributed by atoms with Crippen molar-refractivity contribution in [3.63, 3.8) is 0 Å². The molecule has 0 radical (unpaired) electrons. The number of carbonyl (C=O) groups excluding carboxylic acids is 1. The molecule has 0 fully saturated rings. The fourth-order valence-corrected chi connectivity index (χ4v) is 3.99. The number of anilines is 2. The van der Waals surface area contributed by atoms with Crippen LogP contribution in [0.2, 0.25) is 10.0 Å². The second-order valence-electron chi connectivity index (χ2n) is 8.44. The Balaban J connectivity index is 3.24. The SMILES string of the molecule is CCOC(=O)C(OC)N(c1cc(C(F)(F)F)cc(C(F)(F)F)c1Cl)c1nc(C(F)(F)F)c(Cl)c(=O)n1CC(C)C. The first-order chi connectivity index (χ1) is 18.2. The van der Waals surface area contributed by atoms with E-state index in [0.717, 1.165) is 7.11 Å². The smallest absolute Gasteiger partial charge is 0.435 e. The zero-order chi connectivity index (χ0) is 31.0. The standard InChI is InChI=1S/C22H20Cl2F9N3O4/c1-5-40-18(38)17(39-4)36(12-7-10(20(25,26)27)6-11(13(12)23)21(28,29)30)19-34-15(22(31,32)33)14(24)16(37)35(19)8-9(2)3/h6-7,9,17H,5,8H2,1-4H3. The molecule has 0 saturated heterocycles. The Hall–Kier alpha value is -2.72. The summed E-state index contributed by atoms with van der Waals surface area (Å²) in [5, 5.41) is -2.91. The Bertz CT molecular complexity index is 1310. The molecule has 0 aliphatic rings. The number of hydrogen-bond donors (Lipinski definition) is 0. The van der Waals surface area contributed by atoms with Gasteiger partial charge in [-0.2, -0.15) is 39.5 Å². The van der Waals surface area contributed by atoms with Gasteiger partial charge in [0.2, 0.25) is 12.2 Å². The number of methoxy groups -OCH3 is 1. The number of nitrogens with zero attached hydrogens (tertiary/aromatic N) is 3. The quantitative estimate of drug-likeness (QED) is 0.179. The van der Waals surface area contributed by atoms with Gasteiger partial charge in [-0.25, -0.2) is 9.78 Å². The van der Waals surface area contributed by atoms with Crippen LogP contribution in [-0.4, -0.2) is 35.5 Å². The van der Waals surface area contributed by atoms with Gasteiger partial charge in [0.05, 0.1) is 28.4 Å². The van der Waals surface area contributed by atoms with Gasteiger partial charge in [0, 0.05) is 13.7 Å². The summed E-state index contributed by atoms with van der Waals surface area (Å²) in [6.45, 7) is 3.34. The minimum absolute atomic E-state index is 0.0383. The van der Waals surface area contributed by atoms with Gasteiger partial charge in [-0.3, -0.25) is 14.3 Å². The molecule has 1 heterocycles. The van der Waals surface area contributed by atoms with Crippen molar-refractivity contribution in [1.82, 2.24) is 9.55 Å². The number of hydrogen-bond acceptors (Lipinski definition) is 6. The van der Waals surface area contributed by atoms with Crippen molar-refractivity contribution in [2.75, 3.05) is 18.6 Å². The average molecular weight is 632 g/mol. The van der Waals surface area contributed by atoms with Gasteiger partial charge in [0.1, 0.15) is 5.02 Å². The monoisotopic (exact) mass is 631 g/mol.